The highest BCUT2D eigenvalue weighted by molar-refractivity contribution is 9.09. The quantitative estimate of drug-likeness (QED) is 0.351. The smallest absolute Gasteiger partial charge is 0.334 e. The molecule has 0 bridgehead atoms. The SMILES string of the molecule is CC(=O)OC[C@H]1O[C@@H](n2c(=O)n(Cc3ccccc3)c(=O)c3sccc32)[C@H](Br)[C@@H]1OC(C)=O. The van der Waals surface area contributed by atoms with Crippen molar-refractivity contribution < 1.29 is 23.8 Å². The predicted octanol–water partition coefficient (Wildman–Crippen LogP) is 2.43. The van der Waals surface area contributed by atoms with Crippen molar-refractivity contribution in [1.82, 2.24) is 9.13 Å². The van der Waals surface area contributed by atoms with Crippen LogP contribution in [-0.4, -0.2) is 44.7 Å². The first-order valence-electron chi connectivity index (χ1n) is 10.1. The van der Waals surface area contributed by atoms with Crippen LogP contribution in [0.25, 0.3) is 10.2 Å². The van der Waals surface area contributed by atoms with E-state index in [1.165, 1.54) is 29.8 Å². The minimum absolute atomic E-state index is 0.0935. The molecule has 1 saturated heterocycles. The number of fused-ring (bicyclic) bond motifs is 1. The summed E-state index contributed by atoms with van der Waals surface area (Å²) in [6.45, 7) is 2.46. The van der Waals surface area contributed by atoms with Gasteiger partial charge in [0.1, 0.15) is 23.5 Å². The standard InChI is InChI=1S/C22H21BrN2O7S/c1-12(26)30-11-16-18(31-13(2)27)17(23)21(32-16)25-15-8-9-33-19(15)20(28)24(22(25)29)10-14-6-4-3-5-7-14/h3-9,16-18,21H,10-11H2,1-2H3/t16-,17-,18-,21-/m1/s1. The summed E-state index contributed by atoms with van der Waals surface area (Å²) < 4.78 is 19.5. The average molecular weight is 537 g/mol. The van der Waals surface area contributed by atoms with E-state index in [1.807, 2.05) is 30.3 Å². The van der Waals surface area contributed by atoms with E-state index in [1.54, 1.807) is 11.4 Å². The number of esters is 2. The van der Waals surface area contributed by atoms with Gasteiger partial charge in [-0.15, -0.1) is 11.3 Å². The minimum atomic E-state index is -0.915. The Morgan fingerprint density at radius 3 is 2.52 bits per heavy atom. The monoisotopic (exact) mass is 536 g/mol. The summed E-state index contributed by atoms with van der Waals surface area (Å²) in [7, 11) is 0. The summed E-state index contributed by atoms with van der Waals surface area (Å²) >= 11 is 4.74. The zero-order chi connectivity index (χ0) is 23.7. The number of aromatic nitrogens is 2. The van der Waals surface area contributed by atoms with Gasteiger partial charge in [0.05, 0.1) is 16.9 Å². The fraction of sp³-hybridized carbons (Fsp3) is 0.364. The highest BCUT2D eigenvalue weighted by Gasteiger charge is 2.48. The van der Waals surface area contributed by atoms with E-state index in [0.717, 1.165) is 10.1 Å². The van der Waals surface area contributed by atoms with E-state index in [4.69, 9.17) is 14.2 Å². The summed E-state index contributed by atoms with van der Waals surface area (Å²) in [5.74, 6) is -1.05. The fourth-order valence-electron chi connectivity index (χ4n) is 3.81. The molecule has 4 rings (SSSR count). The fourth-order valence-corrected chi connectivity index (χ4v) is 5.45. The molecule has 1 fully saturated rings. The molecule has 1 aromatic carbocycles. The topological polar surface area (TPSA) is 106 Å². The van der Waals surface area contributed by atoms with Crippen LogP contribution in [0.5, 0.6) is 0 Å². The number of alkyl halides is 1. The molecule has 11 heteroatoms. The molecule has 0 aliphatic carbocycles. The van der Waals surface area contributed by atoms with Crippen LogP contribution >= 0.6 is 27.3 Å². The van der Waals surface area contributed by atoms with E-state index < -0.39 is 40.9 Å². The number of nitrogens with zero attached hydrogens (tertiary/aromatic N) is 2. The molecule has 1 aliphatic heterocycles. The molecule has 9 nitrogen and oxygen atoms in total. The van der Waals surface area contributed by atoms with Crippen molar-refractivity contribution in [2.75, 3.05) is 6.61 Å². The number of carbonyl (C=O) groups excluding carboxylic acids is 2. The maximum Gasteiger partial charge on any atom is 0.334 e. The van der Waals surface area contributed by atoms with E-state index >= 15 is 0 Å². The molecule has 1 aliphatic rings. The lowest BCUT2D eigenvalue weighted by Gasteiger charge is -2.21. The number of carbonyl (C=O) groups is 2. The minimum Gasteiger partial charge on any atom is -0.463 e. The zero-order valence-electron chi connectivity index (χ0n) is 17.8. The van der Waals surface area contributed by atoms with E-state index in [-0.39, 0.29) is 18.7 Å². The van der Waals surface area contributed by atoms with Crippen molar-refractivity contribution in [3.8, 4) is 0 Å². The summed E-state index contributed by atoms with van der Waals surface area (Å²) in [4.78, 5) is 49.1. The van der Waals surface area contributed by atoms with Gasteiger partial charge in [-0.05, 0) is 17.0 Å². The van der Waals surface area contributed by atoms with Gasteiger partial charge in [0, 0.05) is 13.8 Å². The van der Waals surface area contributed by atoms with Gasteiger partial charge in [-0.2, -0.15) is 0 Å². The number of thiophene rings is 1. The van der Waals surface area contributed by atoms with Gasteiger partial charge in [-0.1, -0.05) is 46.3 Å². The van der Waals surface area contributed by atoms with Crippen LogP contribution < -0.4 is 11.2 Å². The number of hydrogen-bond acceptors (Lipinski definition) is 8. The van der Waals surface area contributed by atoms with Gasteiger partial charge in [-0.25, -0.2) is 4.79 Å². The molecule has 0 radical (unpaired) electrons. The Morgan fingerprint density at radius 2 is 1.85 bits per heavy atom. The maximum atomic E-state index is 13.6. The molecule has 0 unspecified atom stereocenters. The Kier molecular flexibility index (Phi) is 6.82. The van der Waals surface area contributed by atoms with Gasteiger partial charge in [0.25, 0.3) is 5.56 Å². The number of ether oxygens (including phenoxy) is 3. The normalized spacial score (nSPS) is 22.4. The van der Waals surface area contributed by atoms with Crippen LogP contribution in [0.3, 0.4) is 0 Å². The predicted molar refractivity (Wildman–Crippen MR) is 125 cm³/mol. The zero-order valence-corrected chi connectivity index (χ0v) is 20.2. The third-order valence-electron chi connectivity index (χ3n) is 5.24. The lowest BCUT2D eigenvalue weighted by molar-refractivity contribution is -0.155. The molecule has 0 N–H and O–H groups in total. The first kappa shape index (κ1) is 23.4. The number of hydrogen-bond donors (Lipinski definition) is 0. The molecule has 0 spiro atoms. The molecule has 2 aromatic heterocycles. The van der Waals surface area contributed by atoms with Crippen LogP contribution in [0, 0.1) is 0 Å². The molecular formula is C22H21BrN2O7S. The van der Waals surface area contributed by atoms with Crippen molar-refractivity contribution in [2.24, 2.45) is 0 Å². The second-order valence-electron chi connectivity index (χ2n) is 7.55. The molecule has 174 valence electrons. The molecule has 4 atom stereocenters. The first-order valence-corrected chi connectivity index (χ1v) is 11.9. The molecule has 0 saturated carbocycles. The van der Waals surface area contributed by atoms with Crippen molar-refractivity contribution >= 4 is 49.4 Å². The lowest BCUT2D eigenvalue weighted by atomic mass is 10.2. The maximum absolute atomic E-state index is 13.6. The third-order valence-corrected chi connectivity index (χ3v) is 7.10. The second kappa shape index (κ2) is 9.62. The van der Waals surface area contributed by atoms with E-state index in [9.17, 15) is 19.2 Å². The lowest BCUT2D eigenvalue weighted by Crippen LogP contribution is -2.43. The van der Waals surface area contributed by atoms with E-state index in [2.05, 4.69) is 15.9 Å². The Morgan fingerprint density at radius 1 is 1.12 bits per heavy atom. The first-order chi connectivity index (χ1) is 15.8. The van der Waals surface area contributed by atoms with Gasteiger partial charge in [-0.3, -0.25) is 23.5 Å². The Hall–Kier alpha value is -2.76. The summed E-state index contributed by atoms with van der Waals surface area (Å²) in [5.41, 5.74) is 0.275. The highest BCUT2D eigenvalue weighted by atomic mass is 79.9. The molecule has 33 heavy (non-hydrogen) atoms. The third kappa shape index (κ3) is 4.66. The molecule has 0 amide bonds. The van der Waals surface area contributed by atoms with Gasteiger partial charge in [0.15, 0.2) is 6.23 Å². The van der Waals surface area contributed by atoms with Crippen LogP contribution in [-0.2, 0) is 30.3 Å². The highest BCUT2D eigenvalue weighted by Crippen LogP contribution is 2.37. The van der Waals surface area contributed by atoms with Crippen molar-refractivity contribution in [2.45, 2.75) is 43.7 Å². The van der Waals surface area contributed by atoms with Gasteiger partial charge in [0.2, 0.25) is 0 Å². The van der Waals surface area contributed by atoms with Crippen molar-refractivity contribution in [1.29, 1.82) is 0 Å². The summed E-state index contributed by atoms with van der Waals surface area (Å²) in [5, 5.41) is 1.73. The molecule has 3 aromatic rings. The summed E-state index contributed by atoms with van der Waals surface area (Å²) in [6, 6.07) is 10.9. The Balaban J connectivity index is 1.80. The van der Waals surface area contributed by atoms with Crippen molar-refractivity contribution in [3.05, 3.63) is 68.2 Å². The van der Waals surface area contributed by atoms with Gasteiger partial charge >= 0.3 is 17.6 Å². The summed E-state index contributed by atoms with van der Waals surface area (Å²) in [6.07, 6.45) is -2.54. The Bertz CT molecular complexity index is 1300. The second-order valence-corrected chi connectivity index (χ2v) is 9.52. The van der Waals surface area contributed by atoms with Crippen LogP contribution in [0.4, 0.5) is 0 Å². The van der Waals surface area contributed by atoms with Crippen molar-refractivity contribution in [3.63, 3.8) is 0 Å². The van der Waals surface area contributed by atoms with Crippen LogP contribution in [0.1, 0.15) is 25.6 Å². The largest absolute Gasteiger partial charge is 0.463 e. The van der Waals surface area contributed by atoms with Gasteiger partial charge < -0.3 is 14.2 Å². The molecule has 3 heterocycles. The number of rotatable bonds is 6. The number of halogens is 1. The van der Waals surface area contributed by atoms with E-state index in [0.29, 0.717) is 10.2 Å². The van der Waals surface area contributed by atoms with Crippen LogP contribution in [0.2, 0.25) is 0 Å². The number of benzene rings is 1. The average Bonchev–Trinajstić information content (AvgIpc) is 3.37. The Labute approximate surface area is 200 Å². The van der Waals surface area contributed by atoms with Crippen LogP contribution in [0.15, 0.2) is 51.4 Å². The molecular weight excluding hydrogens is 516 g/mol.